The van der Waals surface area contributed by atoms with E-state index in [4.69, 9.17) is 9.47 Å². The van der Waals surface area contributed by atoms with Gasteiger partial charge in [-0.3, -0.25) is 4.79 Å². The Morgan fingerprint density at radius 1 is 1.03 bits per heavy atom. The van der Waals surface area contributed by atoms with Gasteiger partial charge in [0.15, 0.2) is 11.5 Å². The predicted molar refractivity (Wildman–Crippen MR) is 121 cm³/mol. The van der Waals surface area contributed by atoms with Gasteiger partial charge in [0.2, 0.25) is 10.0 Å². The normalized spacial score (nSPS) is 14.9. The van der Waals surface area contributed by atoms with Gasteiger partial charge in [0.25, 0.3) is 5.91 Å². The van der Waals surface area contributed by atoms with Gasteiger partial charge in [0, 0.05) is 38.4 Å². The van der Waals surface area contributed by atoms with Gasteiger partial charge < -0.3 is 19.7 Å². The second-order valence-corrected chi connectivity index (χ2v) is 9.43. The number of rotatable bonds is 8. The number of carbonyl (C=O) groups excluding carboxylic acids is 1. The van der Waals surface area contributed by atoms with E-state index in [-0.39, 0.29) is 12.3 Å². The maximum atomic E-state index is 12.7. The summed E-state index contributed by atoms with van der Waals surface area (Å²) in [6.45, 7) is 4.17. The van der Waals surface area contributed by atoms with E-state index in [0.29, 0.717) is 43.2 Å². The third-order valence-corrected chi connectivity index (χ3v) is 7.16. The van der Waals surface area contributed by atoms with Crippen LogP contribution in [0.1, 0.15) is 15.9 Å². The third kappa shape index (κ3) is 5.48. The van der Waals surface area contributed by atoms with Crippen molar-refractivity contribution in [3.05, 3.63) is 53.6 Å². The molecule has 1 aliphatic heterocycles. The highest BCUT2D eigenvalue weighted by Crippen LogP contribution is 2.30. The van der Waals surface area contributed by atoms with E-state index in [2.05, 4.69) is 16.3 Å². The number of nitrogens with one attached hydrogen (secondary N) is 1. The van der Waals surface area contributed by atoms with Crippen molar-refractivity contribution in [1.82, 2.24) is 9.62 Å². The molecule has 3 rings (SSSR count). The van der Waals surface area contributed by atoms with Gasteiger partial charge in [-0.1, -0.05) is 18.2 Å². The van der Waals surface area contributed by atoms with E-state index >= 15 is 0 Å². The Hall–Kier alpha value is -2.78. The Kier molecular flexibility index (Phi) is 7.40. The zero-order valence-electron chi connectivity index (χ0n) is 18.1. The van der Waals surface area contributed by atoms with Crippen molar-refractivity contribution in [2.45, 2.75) is 6.92 Å². The molecular weight excluding hydrogens is 418 g/mol. The zero-order valence-corrected chi connectivity index (χ0v) is 18.9. The molecule has 0 spiro atoms. The summed E-state index contributed by atoms with van der Waals surface area (Å²) in [6, 6.07) is 13.2. The van der Waals surface area contributed by atoms with Crippen molar-refractivity contribution < 1.29 is 22.7 Å². The molecule has 1 heterocycles. The molecule has 0 aliphatic carbocycles. The number of sulfonamides is 1. The maximum absolute atomic E-state index is 12.7. The number of piperazine rings is 1. The van der Waals surface area contributed by atoms with Crippen LogP contribution in [0.25, 0.3) is 0 Å². The van der Waals surface area contributed by atoms with Crippen molar-refractivity contribution in [1.29, 1.82) is 0 Å². The number of hydrogen-bond acceptors (Lipinski definition) is 6. The van der Waals surface area contributed by atoms with E-state index in [9.17, 15) is 13.2 Å². The van der Waals surface area contributed by atoms with Gasteiger partial charge in [0.05, 0.1) is 25.5 Å². The van der Waals surface area contributed by atoms with E-state index < -0.39 is 15.9 Å². The third-order valence-electron chi connectivity index (χ3n) is 5.29. The number of amides is 1. The molecule has 1 amide bonds. The Morgan fingerprint density at radius 3 is 2.39 bits per heavy atom. The van der Waals surface area contributed by atoms with Gasteiger partial charge >= 0.3 is 0 Å². The summed E-state index contributed by atoms with van der Waals surface area (Å²) in [7, 11) is -0.523. The molecular formula is C22H29N3O5S. The summed E-state index contributed by atoms with van der Waals surface area (Å²) in [6.07, 6.45) is 0. The lowest BCUT2D eigenvalue weighted by molar-refractivity contribution is 0.0952. The molecule has 0 unspecified atom stereocenters. The smallest absolute Gasteiger partial charge is 0.255 e. The van der Waals surface area contributed by atoms with Crippen LogP contribution >= 0.6 is 0 Å². The fraction of sp³-hybridized carbons (Fsp3) is 0.409. The van der Waals surface area contributed by atoms with Gasteiger partial charge in [0.1, 0.15) is 0 Å². The number of methoxy groups -OCH3 is 2. The number of nitrogens with zero attached hydrogens (tertiary/aromatic N) is 2. The zero-order chi connectivity index (χ0) is 22.4. The molecule has 2 aromatic carbocycles. The lowest BCUT2D eigenvalue weighted by Gasteiger charge is -2.35. The molecule has 8 nitrogen and oxygen atoms in total. The Labute approximate surface area is 183 Å². The van der Waals surface area contributed by atoms with Gasteiger partial charge in [-0.25, -0.2) is 8.42 Å². The molecule has 1 aliphatic rings. The number of carbonyl (C=O) groups is 1. The lowest BCUT2D eigenvalue weighted by Crippen LogP contribution is -2.50. The quantitative estimate of drug-likeness (QED) is 0.665. The summed E-state index contributed by atoms with van der Waals surface area (Å²) in [5, 5.41) is 2.67. The van der Waals surface area contributed by atoms with Crippen LogP contribution < -0.4 is 19.7 Å². The van der Waals surface area contributed by atoms with E-state index in [0.717, 1.165) is 5.69 Å². The first-order valence-corrected chi connectivity index (χ1v) is 11.8. The van der Waals surface area contributed by atoms with Crippen molar-refractivity contribution in [2.24, 2.45) is 0 Å². The molecule has 0 saturated carbocycles. The SMILES string of the molecule is COc1cccc(C(=O)NCCS(=O)(=O)N2CCN(c3cccc(C)c3)CC2)c1OC. The average molecular weight is 448 g/mol. The topological polar surface area (TPSA) is 88.2 Å². The summed E-state index contributed by atoms with van der Waals surface area (Å²) < 4.78 is 37.4. The van der Waals surface area contributed by atoms with Crippen molar-refractivity contribution >= 4 is 21.6 Å². The summed E-state index contributed by atoms with van der Waals surface area (Å²) in [5.41, 5.74) is 2.58. The minimum atomic E-state index is -3.47. The highest BCUT2D eigenvalue weighted by atomic mass is 32.2. The van der Waals surface area contributed by atoms with Crippen LogP contribution in [-0.4, -0.2) is 71.3 Å². The van der Waals surface area contributed by atoms with Crippen molar-refractivity contribution in [3.8, 4) is 11.5 Å². The van der Waals surface area contributed by atoms with Crippen LogP contribution in [0.3, 0.4) is 0 Å². The second kappa shape index (κ2) is 10.0. The second-order valence-electron chi connectivity index (χ2n) is 7.34. The molecule has 1 saturated heterocycles. The molecule has 1 N–H and O–H groups in total. The van der Waals surface area contributed by atoms with Crippen LogP contribution in [-0.2, 0) is 10.0 Å². The molecule has 2 aromatic rings. The Balaban J connectivity index is 1.53. The van der Waals surface area contributed by atoms with Gasteiger partial charge in [-0.05, 0) is 36.8 Å². The molecule has 0 aromatic heterocycles. The first kappa shape index (κ1) is 22.9. The highest BCUT2D eigenvalue weighted by molar-refractivity contribution is 7.89. The van der Waals surface area contributed by atoms with E-state index in [1.54, 1.807) is 18.2 Å². The van der Waals surface area contributed by atoms with Crippen LogP contribution in [0.5, 0.6) is 11.5 Å². The van der Waals surface area contributed by atoms with Gasteiger partial charge in [-0.2, -0.15) is 4.31 Å². The lowest BCUT2D eigenvalue weighted by atomic mass is 10.1. The van der Waals surface area contributed by atoms with Crippen LogP contribution in [0.4, 0.5) is 5.69 Å². The first-order valence-electron chi connectivity index (χ1n) is 10.1. The Bertz CT molecular complexity index is 1020. The molecule has 0 atom stereocenters. The van der Waals surface area contributed by atoms with Crippen LogP contribution in [0.15, 0.2) is 42.5 Å². The maximum Gasteiger partial charge on any atom is 0.255 e. The number of ether oxygens (including phenoxy) is 2. The number of benzene rings is 2. The fourth-order valence-corrected chi connectivity index (χ4v) is 4.97. The summed E-state index contributed by atoms with van der Waals surface area (Å²) in [4.78, 5) is 14.7. The van der Waals surface area contributed by atoms with E-state index in [1.165, 1.54) is 24.1 Å². The number of aryl methyl sites for hydroxylation is 1. The van der Waals surface area contributed by atoms with Crippen molar-refractivity contribution in [3.63, 3.8) is 0 Å². The molecule has 0 bridgehead atoms. The summed E-state index contributed by atoms with van der Waals surface area (Å²) in [5.74, 6) is 0.192. The minimum Gasteiger partial charge on any atom is -0.493 e. The summed E-state index contributed by atoms with van der Waals surface area (Å²) >= 11 is 0. The first-order chi connectivity index (χ1) is 14.9. The molecule has 31 heavy (non-hydrogen) atoms. The highest BCUT2D eigenvalue weighted by Gasteiger charge is 2.27. The molecule has 168 valence electrons. The largest absolute Gasteiger partial charge is 0.493 e. The van der Waals surface area contributed by atoms with Crippen molar-refractivity contribution in [2.75, 3.05) is 57.6 Å². The number of anilines is 1. The number of hydrogen-bond donors (Lipinski definition) is 1. The van der Waals surface area contributed by atoms with Gasteiger partial charge in [-0.15, -0.1) is 0 Å². The monoisotopic (exact) mass is 447 g/mol. The fourth-order valence-electron chi connectivity index (χ4n) is 3.63. The predicted octanol–water partition coefficient (Wildman–Crippen LogP) is 1.89. The van der Waals surface area contributed by atoms with E-state index in [1.807, 2.05) is 25.1 Å². The minimum absolute atomic E-state index is 0.0135. The number of para-hydroxylation sites is 1. The molecule has 9 heteroatoms. The molecule has 1 fully saturated rings. The molecule has 0 radical (unpaired) electrons. The Morgan fingerprint density at radius 2 is 1.74 bits per heavy atom. The van der Waals surface area contributed by atoms with Crippen LogP contribution in [0, 0.1) is 6.92 Å². The van der Waals surface area contributed by atoms with Crippen LogP contribution in [0.2, 0.25) is 0 Å². The average Bonchev–Trinajstić information content (AvgIpc) is 2.78. The standard InChI is InChI=1S/C22H29N3O5S/c1-17-6-4-7-18(16-17)24-11-13-25(14-12-24)31(27,28)15-10-23-22(26)19-8-5-9-20(29-2)21(19)30-3/h4-9,16H,10-15H2,1-3H3,(H,23,26).